The van der Waals surface area contributed by atoms with Crippen LogP contribution in [-0.2, 0) is 21.1 Å². The first-order chi connectivity index (χ1) is 14.0. The van der Waals surface area contributed by atoms with Crippen LogP contribution in [0.4, 0.5) is 10.2 Å². The van der Waals surface area contributed by atoms with Crippen molar-refractivity contribution in [2.75, 3.05) is 31.5 Å². The minimum Gasteiger partial charge on any atom is -0.348 e. The van der Waals surface area contributed by atoms with Gasteiger partial charge in [0.25, 0.3) is 0 Å². The van der Waals surface area contributed by atoms with Crippen LogP contribution in [0.1, 0.15) is 31.5 Å². The number of rotatable bonds is 8. The van der Waals surface area contributed by atoms with Crippen molar-refractivity contribution < 1.29 is 14.0 Å². The molecule has 0 fully saturated rings. The summed E-state index contributed by atoms with van der Waals surface area (Å²) in [6, 6.07) is 5.86. The smallest absolute Gasteiger partial charge is 0.314 e. The molecule has 0 unspecified atom stereocenters. The van der Waals surface area contributed by atoms with E-state index in [2.05, 4.69) is 34.5 Å². The van der Waals surface area contributed by atoms with E-state index in [1.54, 1.807) is 28.6 Å². The third kappa shape index (κ3) is 5.16. The summed E-state index contributed by atoms with van der Waals surface area (Å²) in [6.45, 7) is 7.42. The van der Waals surface area contributed by atoms with Crippen LogP contribution in [0.2, 0.25) is 0 Å². The second kappa shape index (κ2) is 9.89. The SMILES string of the molecule is CCN(CC)CCCNC(=O)C(=O)Nc1c2c(nn1-c1ccc(F)cc1)CSC2. The lowest BCUT2D eigenvalue weighted by molar-refractivity contribution is -0.136. The van der Waals surface area contributed by atoms with E-state index in [-0.39, 0.29) is 5.82 Å². The Kier molecular flexibility index (Phi) is 7.27. The topological polar surface area (TPSA) is 79.3 Å². The van der Waals surface area contributed by atoms with Gasteiger partial charge in [0.2, 0.25) is 0 Å². The molecule has 2 N–H and O–H groups in total. The van der Waals surface area contributed by atoms with Gasteiger partial charge in [-0.05, 0) is 50.3 Å². The van der Waals surface area contributed by atoms with Gasteiger partial charge in [0, 0.05) is 23.6 Å². The molecule has 1 aromatic carbocycles. The molecule has 0 spiro atoms. The summed E-state index contributed by atoms with van der Waals surface area (Å²) < 4.78 is 14.8. The van der Waals surface area contributed by atoms with E-state index in [4.69, 9.17) is 0 Å². The van der Waals surface area contributed by atoms with E-state index in [1.165, 1.54) is 12.1 Å². The lowest BCUT2D eigenvalue weighted by Gasteiger charge is -2.17. The minimum absolute atomic E-state index is 0.348. The van der Waals surface area contributed by atoms with Gasteiger partial charge in [-0.25, -0.2) is 9.07 Å². The first kappa shape index (κ1) is 21.3. The third-order valence-electron chi connectivity index (χ3n) is 4.89. The van der Waals surface area contributed by atoms with E-state index in [9.17, 15) is 14.0 Å². The van der Waals surface area contributed by atoms with Gasteiger partial charge in [-0.15, -0.1) is 0 Å². The number of amides is 2. The second-order valence-corrected chi connectivity index (χ2v) is 7.73. The first-order valence-corrected chi connectivity index (χ1v) is 10.9. The summed E-state index contributed by atoms with van der Waals surface area (Å²) in [5, 5.41) is 9.92. The molecule has 7 nitrogen and oxygen atoms in total. The summed E-state index contributed by atoms with van der Waals surface area (Å²) in [4.78, 5) is 26.9. The fourth-order valence-electron chi connectivity index (χ4n) is 3.20. The molecule has 156 valence electrons. The monoisotopic (exact) mass is 419 g/mol. The molecule has 9 heteroatoms. The Morgan fingerprint density at radius 1 is 1.17 bits per heavy atom. The zero-order valence-electron chi connectivity index (χ0n) is 16.7. The highest BCUT2D eigenvalue weighted by molar-refractivity contribution is 7.98. The number of thioether (sulfide) groups is 1. The molecular weight excluding hydrogens is 393 g/mol. The normalized spacial score (nSPS) is 12.8. The van der Waals surface area contributed by atoms with Crippen molar-refractivity contribution in [3.05, 3.63) is 41.3 Å². The number of hydrogen-bond acceptors (Lipinski definition) is 5. The maximum absolute atomic E-state index is 13.3. The number of fused-ring (bicyclic) bond motifs is 1. The Bertz CT molecular complexity index is 865. The summed E-state index contributed by atoms with van der Waals surface area (Å²) in [5.74, 6) is 0.173. The highest BCUT2D eigenvalue weighted by atomic mass is 32.2. The van der Waals surface area contributed by atoms with Gasteiger partial charge in [-0.1, -0.05) is 13.8 Å². The highest BCUT2D eigenvalue weighted by Gasteiger charge is 2.26. The first-order valence-electron chi connectivity index (χ1n) is 9.79. The van der Waals surface area contributed by atoms with Crippen molar-refractivity contribution in [2.24, 2.45) is 0 Å². The van der Waals surface area contributed by atoms with Crippen LogP contribution in [0, 0.1) is 5.82 Å². The number of nitrogens with zero attached hydrogens (tertiary/aromatic N) is 3. The van der Waals surface area contributed by atoms with Crippen molar-refractivity contribution in [3.8, 4) is 5.69 Å². The van der Waals surface area contributed by atoms with Crippen molar-refractivity contribution in [1.29, 1.82) is 0 Å². The minimum atomic E-state index is -0.726. The van der Waals surface area contributed by atoms with E-state index in [1.807, 2.05) is 0 Å². The summed E-state index contributed by atoms with van der Waals surface area (Å²) in [5.41, 5.74) is 2.40. The van der Waals surface area contributed by atoms with Crippen LogP contribution in [0.3, 0.4) is 0 Å². The quantitative estimate of drug-likeness (QED) is 0.508. The number of carbonyl (C=O) groups excluding carboxylic acids is 2. The molecule has 29 heavy (non-hydrogen) atoms. The Morgan fingerprint density at radius 3 is 2.59 bits per heavy atom. The molecule has 0 radical (unpaired) electrons. The zero-order valence-corrected chi connectivity index (χ0v) is 17.5. The number of halogens is 1. The largest absolute Gasteiger partial charge is 0.348 e. The van der Waals surface area contributed by atoms with E-state index < -0.39 is 11.8 Å². The van der Waals surface area contributed by atoms with E-state index >= 15 is 0 Å². The van der Waals surface area contributed by atoms with Crippen molar-refractivity contribution in [2.45, 2.75) is 31.8 Å². The van der Waals surface area contributed by atoms with Crippen LogP contribution in [0.25, 0.3) is 5.69 Å². The van der Waals surface area contributed by atoms with Gasteiger partial charge in [0.1, 0.15) is 11.6 Å². The summed E-state index contributed by atoms with van der Waals surface area (Å²) >= 11 is 1.70. The Morgan fingerprint density at radius 2 is 1.90 bits per heavy atom. The zero-order chi connectivity index (χ0) is 20.8. The lowest BCUT2D eigenvalue weighted by Crippen LogP contribution is -2.37. The van der Waals surface area contributed by atoms with Gasteiger partial charge < -0.3 is 15.5 Å². The number of benzene rings is 1. The second-order valence-electron chi connectivity index (χ2n) is 6.75. The number of nitrogens with one attached hydrogen (secondary N) is 2. The number of carbonyl (C=O) groups is 2. The molecule has 3 rings (SSSR count). The van der Waals surface area contributed by atoms with Crippen molar-refractivity contribution >= 4 is 29.4 Å². The molecule has 2 heterocycles. The van der Waals surface area contributed by atoms with Gasteiger partial charge in [0.05, 0.1) is 11.4 Å². The average molecular weight is 420 g/mol. The molecule has 0 saturated heterocycles. The van der Waals surface area contributed by atoms with Crippen LogP contribution >= 0.6 is 11.8 Å². The third-order valence-corrected chi connectivity index (χ3v) is 5.86. The van der Waals surface area contributed by atoms with Crippen LogP contribution in [0.15, 0.2) is 24.3 Å². The Hall–Kier alpha value is -2.39. The molecule has 2 aromatic rings. The molecule has 1 aliphatic rings. The Balaban J connectivity index is 1.65. The summed E-state index contributed by atoms with van der Waals surface area (Å²) in [6.07, 6.45) is 0.778. The van der Waals surface area contributed by atoms with Crippen LogP contribution in [0.5, 0.6) is 0 Å². The van der Waals surface area contributed by atoms with Gasteiger partial charge in [-0.3, -0.25) is 9.59 Å². The van der Waals surface area contributed by atoms with E-state index in [0.29, 0.717) is 23.8 Å². The molecule has 0 aliphatic carbocycles. The summed E-state index contributed by atoms with van der Waals surface area (Å²) in [7, 11) is 0. The number of anilines is 1. The molecule has 1 aliphatic heterocycles. The molecule has 0 bridgehead atoms. The predicted octanol–water partition coefficient (Wildman–Crippen LogP) is 2.54. The van der Waals surface area contributed by atoms with Gasteiger partial charge in [-0.2, -0.15) is 16.9 Å². The standard InChI is InChI=1S/C20H26FN5O2S/c1-3-25(4-2)11-5-10-22-19(27)20(28)23-18-16-12-29-13-17(16)24-26(18)15-8-6-14(21)7-9-15/h6-9H,3-5,10-13H2,1-2H3,(H,22,27)(H,23,28). The lowest BCUT2D eigenvalue weighted by atomic mass is 10.2. The highest BCUT2D eigenvalue weighted by Crippen LogP contribution is 2.36. The maximum atomic E-state index is 13.3. The van der Waals surface area contributed by atoms with Crippen LogP contribution in [-0.4, -0.2) is 52.7 Å². The fraction of sp³-hybridized carbons (Fsp3) is 0.450. The average Bonchev–Trinajstić information content (AvgIpc) is 3.31. The molecule has 2 amide bonds. The molecule has 0 atom stereocenters. The van der Waals surface area contributed by atoms with Gasteiger partial charge in [0.15, 0.2) is 0 Å². The maximum Gasteiger partial charge on any atom is 0.314 e. The molecular formula is C20H26FN5O2S. The van der Waals surface area contributed by atoms with Crippen molar-refractivity contribution in [1.82, 2.24) is 20.0 Å². The van der Waals surface area contributed by atoms with Crippen LogP contribution < -0.4 is 10.6 Å². The van der Waals surface area contributed by atoms with Gasteiger partial charge >= 0.3 is 11.8 Å². The predicted molar refractivity (Wildman–Crippen MR) is 113 cm³/mol. The van der Waals surface area contributed by atoms with E-state index in [0.717, 1.165) is 43.1 Å². The van der Waals surface area contributed by atoms with Crippen molar-refractivity contribution in [3.63, 3.8) is 0 Å². The Labute approximate surface area is 174 Å². The molecule has 0 saturated carbocycles. The molecule has 1 aromatic heterocycles. The number of aromatic nitrogens is 2. The fourth-order valence-corrected chi connectivity index (χ4v) is 4.23. The number of hydrogen-bond donors (Lipinski definition) is 2.